The summed E-state index contributed by atoms with van der Waals surface area (Å²) in [5.41, 5.74) is 3.27. The molecule has 0 bridgehead atoms. The Balaban J connectivity index is 1.73. The summed E-state index contributed by atoms with van der Waals surface area (Å²) in [5.74, 6) is 0.729. The fourth-order valence-corrected chi connectivity index (χ4v) is 3.71. The Morgan fingerprint density at radius 3 is 2.68 bits per heavy atom. The Hall–Kier alpha value is -2.60. The minimum Gasteiger partial charge on any atom is -0.393 e. The number of carbonyl (C=O) groups is 1. The molecule has 2 N–H and O–H groups in total. The molecule has 6 heteroatoms. The molecular formula is C19H22N4O2. The number of para-hydroxylation sites is 1. The number of anilines is 4. The third-order valence-corrected chi connectivity index (χ3v) is 5.14. The van der Waals surface area contributed by atoms with Crippen molar-refractivity contribution in [2.45, 2.75) is 31.4 Å². The van der Waals surface area contributed by atoms with Crippen LogP contribution in [-0.2, 0) is 0 Å². The van der Waals surface area contributed by atoms with E-state index >= 15 is 0 Å². The number of benzene rings is 1. The summed E-state index contributed by atoms with van der Waals surface area (Å²) in [7, 11) is 3.74. The van der Waals surface area contributed by atoms with Crippen LogP contribution in [0.1, 0.15) is 29.6 Å². The van der Waals surface area contributed by atoms with Crippen molar-refractivity contribution in [3.8, 4) is 0 Å². The van der Waals surface area contributed by atoms with E-state index < -0.39 is 0 Å². The normalized spacial score (nSPS) is 22.4. The summed E-state index contributed by atoms with van der Waals surface area (Å²) >= 11 is 0. The number of pyridine rings is 1. The third-order valence-electron chi connectivity index (χ3n) is 5.14. The molecule has 1 aromatic heterocycles. The van der Waals surface area contributed by atoms with Gasteiger partial charge in [0.2, 0.25) is 0 Å². The molecule has 1 aliphatic carbocycles. The van der Waals surface area contributed by atoms with E-state index in [0.29, 0.717) is 5.56 Å². The van der Waals surface area contributed by atoms with E-state index in [4.69, 9.17) is 0 Å². The molecule has 4 rings (SSSR count). The number of carbonyl (C=O) groups excluding carboxylic acids is 1. The highest BCUT2D eigenvalue weighted by Gasteiger charge is 2.28. The number of amides is 1. The van der Waals surface area contributed by atoms with Gasteiger partial charge in [-0.25, -0.2) is 4.98 Å². The molecule has 1 aromatic carbocycles. The van der Waals surface area contributed by atoms with Crippen molar-refractivity contribution in [2.24, 2.45) is 0 Å². The van der Waals surface area contributed by atoms with Gasteiger partial charge in [-0.05, 0) is 31.4 Å². The Morgan fingerprint density at radius 1 is 1.12 bits per heavy atom. The molecular weight excluding hydrogens is 316 g/mol. The third kappa shape index (κ3) is 2.72. The van der Waals surface area contributed by atoms with Crippen LogP contribution in [0.3, 0.4) is 0 Å². The van der Waals surface area contributed by atoms with Crippen LogP contribution in [-0.4, -0.2) is 42.2 Å². The summed E-state index contributed by atoms with van der Waals surface area (Å²) < 4.78 is 0. The number of nitrogens with one attached hydrogen (secondary N) is 1. The molecule has 0 unspecified atom stereocenters. The van der Waals surface area contributed by atoms with Gasteiger partial charge < -0.3 is 20.2 Å². The number of nitrogens with zero attached hydrogens (tertiary/aromatic N) is 3. The van der Waals surface area contributed by atoms with Crippen molar-refractivity contribution in [1.29, 1.82) is 0 Å². The number of hydrogen-bond acceptors (Lipinski definition) is 5. The lowest BCUT2D eigenvalue weighted by Crippen LogP contribution is -2.25. The number of aromatic nitrogens is 1. The minimum atomic E-state index is -0.225. The van der Waals surface area contributed by atoms with E-state index in [2.05, 4.69) is 10.3 Å². The molecule has 1 aliphatic heterocycles. The lowest BCUT2D eigenvalue weighted by molar-refractivity contribution is 0.0994. The summed E-state index contributed by atoms with van der Waals surface area (Å²) in [6.45, 7) is 0. The van der Waals surface area contributed by atoms with E-state index in [-0.39, 0.29) is 18.1 Å². The number of fused-ring (bicyclic) bond motifs is 2. The van der Waals surface area contributed by atoms with Crippen molar-refractivity contribution < 1.29 is 9.90 Å². The van der Waals surface area contributed by atoms with E-state index in [1.165, 1.54) is 0 Å². The van der Waals surface area contributed by atoms with Crippen LogP contribution in [0, 0.1) is 0 Å². The molecule has 1 fully saturated rings. The highest BCUT2D eigenvalue weighted by Crippen LogP contribution is 2.39. The molecule has 0 spiro atoms. The van der Waals surface area contributed by atoms with Gasteiger partial charge in [-0.3, -0.25) is 4.79 Å². The van der Waals surface area contributed by atoms with E-state index in [9.17, 15) is 9.90 Å². The first-order valence-corrected chi connectivity index (χ1v) is 8.60. The molecule has 25 heavy (non-hydrogen) atoms. The first kappa shape index (κ1) is 15.9. The van der Waals surface area contributed by atoms with Gasteiger partial charge in [0.25, 0.3) is 5.91 Å². The zero-order valence-corrected chi connectivity index (χ0v) is 14.4. The zero-order valence-electron chi connectivity index (χ0n) is 14.4. The summed E-state index contributed by atoms with van der Waals surface area (Å²) in [6, 6.07) is 9.84. The van der Waals surface area contributed by atoms with Crippen LogP contribution in [0.15, 0.2) is 36.5 Å². The summed E-state index contributed by atoms with van der Waals surface area (Å²) in [5, 5.41) is 13.1. The van der Waals surface area contributed by atoms with Gasteiger partial charge in [-0.2, -0.15) is 0 Å². The number of aliphatic hydroxyl groups excluding tert-OH is 1. The van der Waals surface area contributed by atoms with Crippen molar-refractivity contribution >= 4 is 28.8 Å². The van der Waals surface area contributed by atoms with E-state index in [1.54, 1.807) is 18.1 Å². The number of hydrogen-bond donors (Lipinski definition) is 2. The molecule has 0 saturated heterocycles. The lowest BCUT2D eigenvalue weighted by Gasteiger charge is -2.23. The van der Waals surface area contributed by atoms with Crippen molar-refractivity contribution in [3.63, 3.8) is 0 Å². The Kier molecular flexibility index (Phi) is 3.84. The van der Waals surface area contributed by atoms with Gasteiger partial charge in [0.15, 0.2) is 0 Å². The first-order valence-electron chi connectivity index (χ1n) is 8.60. The molecule has 2 aliphatic rings. The van der Waals surface area contributed by atoms with Gasteiger partial charge in [0.1, 0.15) is 5.82 Å². The topological polar surface area (TPSA) is 68.7 Å². The SMILES string of the molecule is CN1C(=O)c2ccccc2N(C)c2cc(N[C@H]3CC[C@@H](O)C3)ncc21. The van der Waals surface area contributed by atoms with Gasteiger partial charge in [-0.15, -0.1) is 0 Å². The molecule has 1 saturated carbocycles. The molecule has 0 radical (unpaired) electrons. The van der Waals surface area contributed by atoms with Gasteiger partial charge in [0.05, 0.1) is 34.9 Å². The minimum absolute atomic E-state index is 0.0392. The largest absolute Gasteiger partial charge is 0.393 e. The molecule has 6 nitrogen and oxygen atoms in total. The number of aliphatic hydroxyl groups is 1. The summed E-state index contributed by atoms with van der Waals surface area (Å²) in [6.07, 6.45) is 4.03. The maximum Gasteiger partial charge on any atom is 0.260 e. The molecule has 2 heterocycles. The maximum atomic E-state index is 12.8. The monoisotopic (exact) mass is 338 g/mol. The van der Waals surface area contributed by atoms with Gasteiger partial charge >= 0.3 is 0 Å². The highest BCUT2D eigenvalue weighted by molar-refractivity contribution is 6.13. The standard InChI is InChI=1S/C19H22N4O2/c1-22-15-6-4-3-5-14(15)19(25)23(2)17-11-20-18(10-16(17)22)21-12-7-8-13(24)9-12/h3-6,10-13,24H,7-9H2,1-2H3,(H,20,21)/t12-,13+/m0/s1. The second-order valence-corrected chi connectivity index (χ2v) is 6.81. The van der Waals surface area contributed by atoms with E-state index in [0.717, 1.165) is 42.1 Å². The first-order chi connectivity index (χ1) is 12.0. The van der Waals surface area contributed by atoms with Gasteiger partial charge in [-0.1, -0.05) is 12.1 Å². The fourth-order valence-electron chi connectivity index (χ4n) is 3.71. The van der Waals surface area contributed by atoms with Crippen LogP contribution in [0.4, 0.5) is 22.9 Å². The zero-order chi connectivity index (χ0) is 17.6. The molecule has 130 valence electrons. The Morgan fingerprint density at radius 2 is 1.92 bits per heavy atom. The van der Waals surface area contributed by atoms with Crippen LogP contribution in [0.25, 0.3) is 0 Å². The van der Waals surface area contributed by atoms with Crippen molar-refractivity contribution in [3.05, 3.63) is 42.1 Å². The van der Waals surface area contributed by atoms with Crippen LogP contribution >= 0.6 is 0 Å². The van der Waals surface area contributed by atoms with Crippen LogP contribution < -0.4 is 15.1 Å². The fraction of sp³-hybridized carbons (Fsp3) is 0.368. The second kappa shape index (κ2) is 6.04. The molecule has 2 atom stereocenters. The predicted octanol–water partition coefficient (Wildman–Crippen LogP) is 2.76. The molecule has 2 aromatic rings. The average molecular weight is 338 g/mol. The Bertz CT molecular complexity index is 823. The molecule has 1 amide bonds. The highest BCUT2D eigenvalue weighted by atomic mass is 16.3. The second-order valence-electron chi connectivity index (χ2n) is 6.81. The van der Waals surface area contributed by atoms with Crippen molar-refractivity contribution in [1.82, 2.24) is 4.98 Å². The van der Waals surface area contributed by atoms with Crippen molar-refractivity contribution in [2.75, 3.05) is 29.2 Å². The Labute approximate surface area is 147 Å². The maximum absolute atomic E-state index is 12.8. The average Bonchev–Trinajstić information content (AvgIpc) is 3.01. The number of rotatable bonds is 2. The lowest BCUT2D eigenvalue weighted by atomic mass is 10.1. The summed E-state index contributed by atoms with van der Waals surface area (Å²) in [4.78, 5) is 20.9. The van der Waals surface area contributed by atoms with E-state index in [1.807, 2.05) is 42.3 Å². The quantitative estimate of drug-likeness (QED) is 0.881. The van der Waals surface area contributed by atoms with Crippen LogP contribution in [0.5, 0.6) is 0 Å². The smallest absolute Gasteiger partial charge is 0.260 e. The predicted molar refractivity (Wildman–Crippen MR) is 98.7 cm³/mol. The van der Waals surface area contributed by atoms with Gasteiger partial charge in [0, 0.05) is 26.2 Å². The van der Waals surface area contributed by atoms with Crippen LogP contribution in [0.2, 0.25) is 0 Å².